The molecule has 0 aliphatic heterocycles. The fourth-order valence-electron chi connectivity index (χ4n) is 2.49. The van der Waals surface area contributed by atoms with Crippen LogP contribution in [0.1, 0.15) is 55.4 Å². The van der Waals surface area contributed by atoms with Gasteiger partial charge in [-0.15, -0.1) is 0 Å². The fraction of sp³-hybridized carbons (Fsp3) is 0.889. The van der Waals surface area contributed by atoms with E-state index in [0.29, 0.717) is 0 Å². The zero-order valence-electron chi connectivity index (χ0n) is 17.2. The van der Waals surface area contributed by atoms with Crippen molar-refractivity contribution in [3.05, 3.63) is 0 Å². The summed E-state index contributed by atoms with van der Waals surface area (Å²) in [5, 5.41) is 15.4. The van der Waals surface area contributed by atoms with Crippen molar-refractivity contribution < 1.29 is 19.5 Å². The maximum absolute atomic E-state index is 12.2. The van der Waals surface area contributed by atoms with Gasteiger partial charge in [-0.25, -0.2) is 4.79 Å². The highest BCUT2D eigenvalue weighted by atomic mass is 16.6. The van der Waals surface area contributed by atoms with Gasteiger partial charge in [0, 0.05) is 25.4 Å². The monoisotopic (exact) mass is 344 g/mol. The number of aliphatic hydroxyl groups is 1. The summed E-state index contributed by atoms with van der Waals surface area (Å²) < 4.78 is 5.69. The molecule has 0 saturated carbocycles. The maximum atomic E-state index is 12.2. The van der Waals surface area contributed by atoms with Gasteiger partial charge in [-0.1, -0.05) is 53.6 Å². The lowest BCUT2D eigenvalue weighted by molar-refractivity contribution is -0.143. The quantitative estimate of drug-likeness (QED) is 0.612. The molecule has 0 aromatic heterocycles. The van der Waals surface area contributed by atoms with Crippen LogP contribution in [0.4, 0.5) is 4.79 Å². The first kappa shape index (κ1) is 22.7. The molecule has 1 N–H and O–H groups in total. The second-order valence-electron chi connectivity index (χ2n) is 8.79. The number of amides is 1. The summed E-state index contributed by atoms with van der Waals surface area (Å²) in [6.07, 6.45) is -1.28. The standard InChI is InChI=1S/C18H36N2O4/c1-12(13(19-23-11)16(2,3)4)14(24-15(21)20(9)10)18(8,22)17(5,6)7/h12,14,22H,1-11H3/t12-,14+,18-/m0/s1. The van der Waals surface area contributed by atoms with Gasteiger partial charge in [0.05, 0.1) is 5.71 Å². The van der Waals surface area contributed by atoms with Gasteiger partial charge in [-0.3, -0.25) is 0 Å². The molecule has 0 bridgehead atoms. The van der Waals surface area contributed by atoms with Gasteiger partial charge in [-0.05, 0) is 12.3 Å². The Morgan fingerprint density at radius 3 is 1.83 bits per heavy atom. The summed E-state index contributed by atoms with van der Waals surface area (Å²) in [6, 6.07) is 0. The Bertz CT molecular complexity index is 457. The summed E-state index contributed by atoms with van der Waals surface area (Å²) in [4.78, 5) is 18.5. The van der Waals surface area contributed by atoms with Gasteiger partial charge >= 0.3 is 6.09 Å². The van der Waals surface area contributed by atoms with Crippen molar-refractivity contribution in [2.24, 2.45) is 21.9 Å². The van der Waals surface area contributed by atoms with E-state index in [1.807, 2.05) is 48.5 Å². The minimum Gasteiger partial charge on any atom is -0.442 e. The lowest BCUT2D eigenvalue weighted by Gasteiger charge is -2.46. The van der Waals surface area contributed by atoms with E-state index in [9.17, 15) is 9.90 Å². The van der Waals surface area contributed by atoms with Crippen LogP contribution < -0.4 is 0 Å². The Morgan fingerprint density at radius 1 is 1.08 bits per heavy atom. The van der Waals surface area contributed by atoms with Crippen LogP contribution in [0.25, 0.3) is 0 Å². The van der Waals surface area contributed by atoms with Crippen LogP contribution in [0.2, 0.25) is 0 Å². The summed E-state index contributed by atoms with van der Waals surface area (Å²) in [7, 11) is 4.72. The highest BCUT2D eigenvalue weighted by Gasteiger charge is 2.50. The average molecular weight is 344 g/mol. The molecular formula is C18H36N2O4. The van der Waals surface area contributed by atoms with Crippen molar-refractivity contribution in [2.75, 3.05) is 21.2 Å². The first-order chi connectivity index (χ1) is 10.6. The largest absolute Gasteiger partial charge is 0.442 e. The van der Waals surface area contributed by atoms with Crippen LogP contribution in [0.3, 0.4) is 0 Å². The molecule has 6 heteroatoms. The van der Waals surface area contributed by atoms with Crippen molar-refractivity contribution in [2.45, 2.75) is 67.1 Å². The molecular weight excluding hydrogens is 308 g/mol. The molecule has 24 heavy (non-hydrogen) atoms. The normalized spacial score (nSPS) is 18.4. The molecule has 0 spiro atoms. The zero-order chi connectivity index (χ0) is 19.5. The summed E-state index contributed by atoms with van der Waals surface area (Å²) in [6.45, 7) is 15.4. The van der Waals surface area contributed by atoms with Crippen molar-refractivity contribution in [3.63, 3.8) is 0 Å². The van der Waals surface area contributed by atoms with Crippen LogP contribution in [0, 0.1) is 16.7 Å². The predicted octanol–water partition coefficient (Wildman–Crippen LogP) is 3.53. The van der Waals surface area contributed by atoms with Crippen molar-refractivity contribution in [1.82, 2.24) is 4.90 Å². The third-order valence-electron chi connectivity index (χ3n) is 4.51. The molecule has 0 rings (SSSR count). The summed E-state index contributed by atoms with van der Waals surface area (Å²) >= 11 is 0. The molecule has 142 valence electrons. The molecule has 0 aliphatic rings. The average Bonchev–Trinajstić information content (AvgIpc) is 2.38. The second-order valence-corrected chi connectivity index (χ2v) is 8.79. The number of rotatable bonds is 5. The van der Waals surface area contributed by atoms with Gasteiger partial charge in [0.2, 0.25) is 0 Å². The summed E-state index contributed by atoms with van der Waals surface area (Å²) in [5.41, 5.74) is -1.34. The topological polar surface area (TPSA) is 71.4 Å². The molecule has 0 fully saturated rings. The third kappa shape index (κ3) is 5.36. The Hall–Kier alpha value is -1.30. The predicted molar refractivity (Wildman–Crippen MR) is 97.1 cm³/mol. The molecule has 3 atom stereocenters. The first-order valence-electron chi connectivity index (χ1n) is 8.29. The molecule has 0 aromatic rings. The van der Waals surface area contributed by atoms with Crippen LogP contribution in [-0.4, -0.2) is 54.7 Å². The summed E-state index contributed by atoms with van der Waals surface area (Å²) in [5.74, 6) is -0.330. The van der Waals surface area contributed by atoms with Crippen LogP contribution in [-0.2, 0) is 9.57 Å². The molecule has 0 aliphatic carbocycles. The maximum Gasteiger partial charge on any atom is 0.409 e. The van der Waals surface area contributed by atoms with Crippen molar-refractivity contribution in [3.8, 4) is 0 Å². The van der Waals surface area contributed by atoms with E-state index >= 15 is 0 Å². The van der Waals surface area contributed by atoms with Crippen LogP contribution >= 0.6 is 0 Å². The van der Waals surface area contributed by atoms with Gasteiger partial charge in [-0.2, -0.15) is 0 Å². The minimum atomic E-state index is -1.27. The molecule has 6 nitrogen and oxygen atoms in total. The lowest BCUT2D eigenvalue weighted by atomic mass is 9.68. The van der Waals surface area contributed by atoms with E-state index in [1.165, 1.54) is 12.0 Å². The van der Waals surface area contributed by atoms with Gasteiger partial charge in [0.25, 0.3) is 0 Å². The number of ether oxygens (including phenoxy) is 1. The number of hydrogen-bond acceptors (Lipinski definition) is 5. The molecule has 0 radical (unpaired) electrons. The Kier molecular flexibility index (Phi) is 7.30. The third-order valence-corrected chi connectivity index (χ3v) is 4.51. The number of carbonyl (C=O) groups excluding carboxylic acids is 1. The highest BCUT2D eigenvalue weighted by molar-refractivity contribution is 5.91. The number of oxime groups is 1. The highest BCUT2D eigenvalue weighted by Crippen LogP contribution is 2.39. The SMILES string of the molecule is CON=C([C@H](C)[C@@H](OC(=O)N(C)C)[C@](C)(O)C(C)(C)C)C(C)(C)C. The Morgan fingerprint density at radius 2 is 1.54 bits per heavy atom. The van der Waals surface area contributed by atoms with E-state index in [-0.39, 0.29) is 11.3 Å². The smallest absolute Gasteiger partial charge is 0.409 e. The van der Waals surface area contributed by atoms with E-state index < -0.39 is 23.2 Å². The minimum absolute atomic E-state index is 0.299. The van der Waals surface area contributed by atoms with Gasteiger partial charge in [0.15, 0.2) is 0 Å². The van der Waals surface area contributed by atoms with Crippen LogP contribution in [0.5, 0.6) is 0 Å². The van der Waals surface area contributed by atoms with E-state index in [4.69, 9.17) is 9.57 Å². The molecule has 0 saturated heterocycles. The van der Waals surface area contributed by atoms with Crippen molar-refractivity contribution >= 4 is 11.8 Å². The number of nitrogens with zero attached hydrogens (tertiary/aromatic N) is 2. The second kappa shape index (κ2) is 7.72. The van der Waals surface area contributed by atoms with Crippen molar-refractivity contribution in [1.29, 1.82) is 0 Å². The van der Waals surface area contributed by atoms with E-state index in [0.717, 1.165) is 5.71 Å². The Labute approximate surface area is 147 Å². The van der Waals surface area contributed by atoms with Gasteiger partial charge in [0.1, 0.15) is 18.8 Å². The molecule has 0 heterocycles. The molecule has 1 amide bonds. The zero-order valence-corrected chi connectivity index (χ0v) is 17.2. The number of hydrogen-bond donors (Lipinski definition) is 1. The van der Waals surface area contributed by atoms with E-state index in [2.05, 4.69) is 5.16 Å². The lowest BCUT2D eigenvalue weighted by Crippen LogP contribution is -2.57. The molecule has 0 aromatic carbocycles. The molecule has 0 unspecified atom stereocenters. The number of carbonyl (C=O) groups is 1. The van der Waals surface area contributed by atoms with Gasteiger partial charge < -0.3 is 19.6 Å². The van der Waals surface area contributed by atoms with E-state index in [1.54, 1.807) is 21.0 Å². The first-order valence-corrected chi connectivity index (χ1v) is 8.29. The fourth-order valence-corrected chi connectivity index (χ4v) is 2.49. The van der Waals surface area contributed by atoms with Crippen LogP contribution in [0.15, 0.2) is 5.16 Å². The Balaban J connectivity index is 6.03.